The Bertz CT molecular complexity index is 377. The Morgan fingerprint density at radius 2 is 1.40 bits per heavy atom. The number of aliphatic hydroxyl groups is 3. The van der Waals surface area contributed by atoms with E-state index in [0.717, 1.165) is 5.56 Å². The maximum atomic E-state index is 10.5. The van der Waals surface area contributed by atoms with Crippen LogP contribution in [0.25, 0.3) is 0 Å². The Morgan fingerprint density at radius 1 is 1.07 bits per heavy atom. The number of rotatable bonds is 1. The molecule has 0 aromatic heterocycles. The number of aliphatic hydroxyl groups excluding tert-OH is 1. The lowest BCUT2D eigenvalue weighted by molar-refractivity contribution is -0.198. The van der Waals surface area contributed by atoms with Gasteiger partial charge in [0.25, 0.3) is 16.6 Å². The fraction of sp³-hybridized carbons (Fsp3) is 0.250. The highest BCUT2D eigenvalue weighted by Gasteiger charge is 2.06. The first-order valence-electron chi connectivity index (χ1n) is 3.82. The lowest BCUT2D eigenvalue weighted by Crippen LogP contribution is -1.98. The third-order valence-corrected chi connectivity index (χ3v) is 2.19. The van der Waals surface area contributed by atoms with Crippen LogP contribution in [0.2, 0.25) is 0 Å². The molecule has 1 aromatic rings. The van der Waals surface area contributed by atoms with Crippen LogP contribution in [0.1, 0.15) is 5.56 Å². The predicted octanol–water partition coefficient (Wildman–Crippen LogP) is -0.511. The quantitative estimate of drug-likeness (QED) is 0.385. The highest BCUT2D eigenvalue weighted by Crippen LogP contribution is 2.08. The summed E-state index contributed by atoms with van der Waals surface area (Å²) >= 11 is 0. The Kier molecular flexibility index (Phi) is 5.40. The van der Waals surface area contributed by atoms with Gasteiger partial charge in [0, 0.05) is 0 Å². The van der Waals surface area contributed by atoms with E-state index < -0.39 is 16.6 Å². The van der Waals surface area contributed by atoms with Crippen molar-refractivity contribution in [2.75, 3.05) is 0 Å². The zero-order valence-electron chi connectivity index (χ0n) is 7.90. The Hall–Kier alpha value is -0.990. The zero-order chi connectivity index (χ0) is 12.1. The minimum Gasteiger partial charge on any atom is -0.346 e. The average Bonchev–Trinajstić information content (AvgIpc) is 2.01. The van der Waals surface area contributed by atoms with Crippen LogP contribution < -0.4 is 0 Å². The molecule has 0 amide bonds. The molecule has 4 N–H and O–H groups in total. The van der Waals surface area contributed by atoms with Crippen molar-refractivity contribution in [3.8, 4) is 0 Å². The summed E-state index contributed by atoms with van der Waals surface area (Å²) in [6.07, 6.45) is 0. The van der Waals surface area contributed by atoms with E-state index in [4.69, 9.17) is 19.9 Å². The van der Waals surface area contributed by atoms with Crippen LogP contribution in [0.4, 0.5) is 0 Å². The van der Waals surface area contributed by atoms with E-state index in [-0.39, 0.29) is 4.90 Å². The lowest BCUT2D eigenvalue weighted by atomic mass is 10.2. The van der Waals surface area contributed by atoms with Gasteiger partial charge in [0.05, 0.1) is 4.90 Å². The van der Waals surface area contributed by atoms with Crippen LogP contribution in [0.5, 0.6) is 0 Å². The summed E-state index contributed by atoms with van der Waals surface area (Å²) in [5, 5.41) is 21.5. The van der Waals surface area contributed by atoms with Gasteiger partial charge in [-0.1, -0.05) is 17.7 Å². The van der Waals surface area contributed by atoms with Crippen LogP contribution in [-0.4, -0.2) is 34.8 Å². The zero-order valence-corrected chi connectivity index (χ0v) is 8.72. The standard InChI is InChI=1S/C7H8O3S.CH4O3/c1-6-2-4-7(5-3-6)11(8,9)10;2-1(3)4/h2-5H,1H3,(H,8,9,10);1-4H. The maximum absolute atomic E-state index is 10.5. The van der Waals surface area contributed by atoms with Gasteiger partial charge in [-0.05, 0) is 19.1 Å². The molecule has 1 aromatic carbocycles. The third kappa shape index (κ3) is 7.00. The molecular weight excluding hydrogens is 224 g/mol. The van der Waals surface area contributed by atoms with Crippen LogP contribution in [0, 0.1) is 6.92 Å². The molecule has 0 aliphatic rings. The monoisotopic (exact) mass is 236 g/mol. The van der Waals surface area contributed by atoms with E-state index in [1.54, 1.807) is 12.1 Å². The highest BCUT2D eigenvalue weighted by molar-refractivity contribution is 7.85. The molecule has 15 heavy (non-hydrogen) atoms. The molecule has 0 aliphatic carbocycles. The van der Waals surface area contributed by atoms with Gasteiger partial charge in [-0.3, -0.25) is 4.55 Å². The molecule has 0 bridgehead atoms. The van der Waals surface area contributed by atoms with Crippen molar-refractivity contribution in [3.63, 3.8) is 0 Å². The van der Waals surface area contributed by atoms with E-state index in [1.807, 2.05) is 6.92 Å². The van der Waals surface area contributed by atoms with Crippen molar-refractivity contribution in [1.29, 1.82) is 0 Å². The minimum absolute atomic E-state index is 0.0666. The van der Waals surface area contributed by atoms with Gasteiger partial charge < -0.3 is 15.3 Å². The fourth-order valence-corrected chi connectivity index (χ4v) is 1.19. The number of hydrogen-bond acceptors (Lipinski definition) is 5. The van der Waals surface area contributed by atoms with Crippen LogP contribution in [0.15, 0.2) is 29.2 Å². The van der Waals surface area contributed by atoms with Gasteiger partial charge in [0.15, 0.2) is 0 Å². The van der Waals surface area contributed by atoms with Crippen LogP contribution >= 0.6 is 0 Å². The second-order valence-electron chi connectivity index (χ2n) is 2.63. The first-order valence-corrected chi connectivity index (χ1v) is 5.26. The molecule has 0 fully saturated rings. The maximum Gasteiger partial charge on any atom is 0.294 e. The molecule has 0 saturated heterocycles. The molecule has 0 saturated carbocycles. The van der Waals surface area contributed by atoms with Crippen molar-refractivity contribution < 1.29 is 28.3 Å². The van der Waals surface area contributed by atoms with E-state index >= 15 is 0 Å². The minimum atomic E-state index is -4.02. The van der Waals surface area contributed by atoms with Gasteiger partial charge in [-0.25, -0.2) is 0 Å². The van der Waals surface area contributed by atoms with Crippen LogP contribution in [-0.2, 0) is 10.1 Å². The molecule has 0 aliphatic heterocycles. The van der Waals surface area contributed by atoms with Crippen LogP contribution in [0.3, 0.4) is 0 Å². The summed E-state index contributed by atoms with van der Waals surface area (Å²) in [6, 6.07) is 5.99. The van der Waals surface area contributed by atoms with Crippen molar-refractivity contribution in [2.45, 2.75) is 18.3 Å². The summed E-state index contributed by atoms with van der Waals surface area (Å²) in [7, 11) is -4.02. The van der Waals surface area contributed by atoms with Gasteiger partial charge in [-0.15, -0.1) is 0 Å². The lowest BCUT2D eigenvalue weighted by Gasteiger charge is -1.95. The molecular formula is C8H12O6S. The third-order valence-electron chi connectivity index (χ3n) is 1.32. The molecule has 86 valence electrons. The molecule has 6 nitrogen and oxygen atoms in total. The van der Waals surface area contributed by atoms with Gasteiger partial charge in [-0.2, -0.15) is 8.42 Å². The molecule has 1 rings (SSSR count). The summed E-state index contributed by atoms with van der Waals surface area (Å²) in [5.41, 5.74) is 0.956. The van der Waals surface area contributed by atoms with Crippen molar-refractivity contribution >= 4 is 10.1 Å². The molecule has 0 heterocycles. The number of aryl methyl sites for hydroxylation is 1. The molecule has 0 spiro atoms. The van der Waals surface area contributed by atoms with E-state index in [9.17, 15) is 8.42 Å². The van der Waals surface area contributed by atoms with Crippen molar-refractivity contribution in [1.82, 2.24) is 0 Å². The van der Waals surface area contributed by atoms with Gasteiger partial charge in [0.2, 0.25) is 0 Å². The number of hydrogen-bond donors (Lipinski definition) is 4. The largest absolute Gasteiger partial charge is 0.346 e. The molecule has 0 radical (unpaired) electrons. The summed E-state index contributed by atoms with van der Waals surface area (Å²) in [6.45, 7) is -0.326. The summed E-state index contributed by atoms with van der Waals surface area (Å²) in [5.74, 6) is 0. The SMILES string of the molecule is Cc1ccc(S(=O)(=O)O)cc1.OC(O)O. The average molecular weight is 236 g/mol. The Balaban J connectivity index is 0.000000423. The topological polar surface area (TPSA) is 115 Å². The number of benzene rings is 1. The smallest absolute Gasteiger partial charge is 0.294 e. The Labute approximate surface area is 87.2 Å². The second kappa shape index (κ2) is 5.79. The molecule has 0 atom stereocenters. The first kappa shape index (κ1) is 14.0. The fourth-order valence-electron chi connectivity index (χ4n) is 0.710. The first-order chi connectivity index (χ1) is 6.73. The van der Waals surface area contributed by atoms with Gasteiger partial charge >= 0.3 is 0 Å². The summed E-state index contributed by atoms with van der Waals surface area (Å²) in [4.78, 5) is -0.0666. The second-order valence-corrected chi connectivity index (χ2v) is 4.06. The van der Waals surface area contributed by atoms with E-state index in [0.29, 0.717) is 0 Å². The predicted molar refractivity (Wildman–Crippen MR) is 51.4 cm³/mol. The molecule has 0 unspecified atom stereocenters. The summed E-state index contributed by atoms with van der Waals surface area (Å²) < 4.78 is 29.6. The van der Waals surface area contributed by atoms with E-state index in [1.165, 1.54) is 12.1 Å². The Morgan fingerprint density at radius 3 is 1.67 bits per heavy atom. The van der Waals surface area contributed by atoms with Crippen molar-refractivity contribution in [3.05, 3.63) is 29.8 Å². The van der Waals surface area contributed by atoms with Gasteiger partial charge in [0.1, 0.15) is 0 Å². The molecule has 7 heteroatoms. The normalized spacial score (nSPS) is 10.8. The highest BCUT2D eigenvalue weighted by atomic mass is 32.2. The van der Waals surface area contributed by atoms with Crippen molar-refractivity contribution in [2.24, 2.45) is 0 Å². The van der Waals surface area contributed by atoms with E-state index in [2.05, 4.69) is 0 Å².